The first-order chi connectivity index (χ1) is 13.4. The summed E-state index contributed by atoms with van der Waals surface area (Å²) in [7, 11) is 0. The Hall–Kier alpha value is -3.76. The van der Waals surface area contributed by atoms with E-state index in [1.54, 1.807) is 6.20 Å². The number of aromatic nitrogens is 4. The van der Waals surface area contributed by atoms with Gasteiger partial charge in [-0.15, -0.1) is 0 Å². The maximum absolute atomic E-state index is 9.46. The van der Waals surface area contributed by atoms with Crippen LogP contribution in [0.5, 0.6) is 0 Å². The fourth-order valence-electron chi connectivity index (χ4n) is 2.95. The summed E-state index contributed by atoms with van der Waals surface area (Å²) in [5.74, 6) is 0.417. The van der Waals surface area contributed by atoms with Crippen molar-refractivity contribution in [3.05, 3.63) is 66.0 Å². The van der Waals surface area contributed by atoms with Gasteiger partial charge in [0.05, 0.1) is 29.2 Å². The van der Waals surface area contributed by atoms with E-state index in [-0.39, 0.29) is 0 Å². The van der Waals surface area contributed by atoms with Gasteiger partial charge >= 0.3 is 0 Å². The number of nitrogens with zero attached hydrogens (tertiary/aromatic N) is 4. The van der Waals surface area contributed by atoms with E-state index in [4.69, 9.17) is 5.73 Å². The molecule has 0 aliphatic carbocycles. The van der Waals surface area contributed by atoms with Crippen LogP contribution in [0.1, 0.15) is 25.0 Å². The summed E-state index contributed by atoms with van der Waals surface area (Å²) in [6, 6.07) is 15.7. The summed E-state index contributed by atoms with van der Waals surface area (Å²) in [4.78, 5) is 8.84. The van der Waals surface area contributed by atoms with Gasteiger partial charge < -0.3 is 11.1 Å². The first kappa shape index (κ1) is 17.6. The third-order valence-electron chi connectivity index (χ3n) is 4.51. The van der Waals surface area contributed by atoms with Crippen LogP contribution in [0.15, 0.2) is 54.9 Å². The molecule has 28 heavy (non-hydrogen) atoms. The molecule has 4 aromatic rings. The molecule has 0 spiro atoms. The molecular formula is C21H19N7. The molecule has 0 saturated carbocycles. The highest BCUT2D eigenvalue weighted by molar-refractivity contribution is 5.82. The number of nitrogens with one attached hydrogen (secondary N) is 2. The van der Waals surface area contributed by atoms with Gasteiger partial charge in [-0.25, -0.2) is 9.97 Å². The van der Waals surface area contributed by atoms with Gasteiger partial charge in [0.25, 0.3) is 0 Å². The van der Waals surface area contributed by atoms with E-state index in [1.165, 1.54) is 6.20 Å². The van der Waals surface area contributed by atoms with E-state index in [0.717, 1.165) is 27.7 Å². The predicted octanol–water partition coefficient (Wildman–Crippen LogP) is 3.83. The second-order valence-electron chi connectivity index (χ2n) is 7.16. The van der Waals surface area contributed by atoms with Crippen LogP contribution in [0.25, 0.3) is 22.2 Å². The zero-order valence-corrected chi connectivity index (χ0v) is 15.6. The average molecular weight is 369 g/mol. The highest BCUT2D eigenvalue weighted by Crippen LogP contribution is 2.26. The molecule has 4 N–H and O–H groups in total. The number of nitrogens with two attached hydrogens (primary N) is 1. The predicted molar refractivity (Wildman–Crippen MR) is 109 cm³/mol. The summed E-state index contributed by atoms with van der Waals surface area (Å²) in [5.41, 5.74) is 10.3. The molecule has 0 radical (unpaired) electrons. The molecule has 0 aliphatic heterocycles. The Balaban J connectivity index is 1.68. The van der Waals surface area contributed by atoms with Crippen molar-refractivity contribution in [2.75, 3.05) is 5.32 Å². The quantitative estimate of drug-likeness (QED) is 0.503. The van der Waals surface area contributed by atoms with Crippen LogP contribution >= 0.6 is 0 Å². The summed E-state index contributed by atoms with van der Waals surface area (Å²) in [5, 5.41) is 20.6. The lowest BCUT2D eigenvalue weighted by Crippen LogP contribution is -2.28. The normalized spacial score (nSPS) is 11.4. The molecule has 0 fully saturated rings. The van der Waals surface area contributed by atoms with Gasteiger partial charge in [-0.1, -0.05) is 24.3 Å². The number of H-pyrrole nitrogens is 1. The zero-order chi connectivity index (χ0) is 19.7. The fourth-order valence-corrected chi connectivity index (χ4v) is 2.95. The van der Waals surface area contributed by atoms with Crippen LogP contribution in [-0.4, -0.2) is 20.2 Å². The topological polar surface area (TPSA) is 116 Å². The molecular weight excluding hydrogens is 350 g/mol. The summed E-state index contributed by atoms with van der Waals surface area (Å²) >= 11 is 0. The van der Waals surface area contributed by atoms with Gasteiger partial charge in [0.15, 0.2) is 0 Å². The van der Waals surface area contributed by atoms with E-state index in [1.807, 2.05) is 56.3 Å². The molecule has 0 bridgehead atoms. The van der Waals surface area contributed by atoms with Crippen molar-refractivity contribution in [1.29, 1.82) is 5.26 Å². The molecule has 2 aromatic carbocycles. The Labute approximate surface area is 162 Å². The van der Waals surface area contributed by atoms with Crippen LogP contribution in [0, 0.1) is 11.3 Å². The van der Waals surface area contributed by atoms with Gasteiger partial charge in [-0.05, 0) is 37.6 Å². The first-order valence-corrected chi connectivity index (χ1v) is 8.81. The summed E-state index contributed by atoms with van der Waals surface area (Å²) in [6.07, 6.45) is 3.29. The van der Waals surface area contributed by atoms with Crippen molar-refractivity contribution in [3.63, 3.8) is 0 Å². The van der Waals surface area contributed by atoms with E-state index in [9.17, 15) is 5.26 Å². The Morgan fingerprint density at radius 2 is 1.89 bits per heavy atom. The minimum atomic E-state index is -0.430. The number of benzene rings is 2. The summed E-state index contributed by atoms with van der Waals surface area (Å²) < 4.78 is 0. The third kappa shape index (κ3) is 3.41. The van der Waals surface area contributed by atoms with Crippen molar-refractivity contribution in [2.45, 2.75) is 19.4 Å². The SMILES string of the molecule is CC(C)(N)c1ccc(-c2nc(Nc3ccc4[nH]ncc4c3)ncc2C#N)cc1. The van der Waals surface area contributed by atoms with Gasteiger partial charge in [0.2, 0.25) is 5.95 Å². The molecule has 0 saturated heterocycles. The highest BCUT2D eigenvalue weighted by Gasteiger charge is 2.15. The fraction of sp³-hybridized carbons (Fsp3) is 0.143. The average Bonchev–Trinajstić information content (AvgIpc) is 3.15. The van der Waals surface area contributed by atoms with E-state index < -0.39 is 5.54 Å². The molecule has 2 aromatic heterocycles. The molecule has 2 heterocycles. The monoisotopic (exact) mass is 369 g/mol. The van der Waals surface area contributed by atoms with Crippen molar-refractivity contribution >= 4 is 22.5 Å². The van der Waals surface area contributed by atoms with Gasteiger partial charge in [-0.2, -0.15) is 10.4 Å². The molecule has 0 amide bonds. The van der Waals surface area contributed by atoms with Crippen molar-refractivity contribution in [2.24, 2.45) is 5.73 Å². The number of fused-ring (bicyclic) bond motifs is 1. The lowest BCUT2D eigenvalue weighted by atomic mass is 9.94. The van der Waals surface area contributed by atoms with E-state index in [2.05, 4.69) is 31.6 Å². The lowest BCUT2D eigenvalue weighted by Gasteiger charge is -2.19. The standard InChI is InChI=1S/C21H19N7/c1-21(2,23)16-5-3-13(4-6-16)19-15(10-22)11-24-20(27-19)26-17-7-8-18-14(9-17)12-25-28-18/h3-9,11-12H,23H2,1-2H3,(H,25,28)(H,24,26,27). The minimum Gasteiger partial charge on any atom is -0.324 e. The van der Waals surface area contributed by atoms with Crippen LogP contribution in [0.2, 0.25) is 0 Å². The number of aromatic amines is 1. The number of hydrogen-bond acceptors (Lipinski definition) is 6. The van der Waals surface area contributed by atoms with Crippen LogP contribution < -0.4 is 11.1 Å². The summed E-state index contributed by atoms with van der Waals surface area (Å²) in [6.45, 7) is 3.90. The Bertz CT molecular complexity index is 1180. The number of anilines is 2. The smallest absolute Gasteiger partial charge is 0.227 e. The molecule has 7 nitrogen and oxygen atoms in total. The molecule has 0 unspecified atom stereocenters. The van der Waals surface area contributed by atoms with Crippen molar-refractivity contribution in [1.82, 2.24) is 20.2 Å². The number of rotatable bonds is 4. The van der Waals surface area contributed by atoms with E-state index in [0.29, 0.717) is 17.2 Å². The maximum atomic E-state index is 9.46. The van der Waals surface area contributed by atoms with Gasteiger partial charge in [0.1, 0.15) is 6.07 Å². The van der Waals surface area contributed by atoms with Crippen LogP contribution in [-0.2, 0) is 5.54 Å². The van der Waals surface area contributed by atoms with Gasteiger partial charge in [0, 0.05) is 22.2 Å². The van der Waals surface area contributed by atoms with E-state index >= 15 is 0 Å². The molecule has 7 heteroatoms. The second-order valence-corrected chi connectivity index (χ2v) is 7.16. The largest absolute Gasteiger partial charge is 0.324 e. The number of hydrogen-bond donors (Lipinski definition) is 3. The zero-order valence-electron chi connectivity index (χ0n) is 15.6. The first-order valence-electron chi connectivity index (χ1n) is 8.81. The van der Waals surface area contributed by atoms with Crippen molar-refractivity contribution in [3.8, 4) is 17.3 Å². The number of nitriles is 1. The highest BCUT2D eigenvalue weighted by atomic mass is 15.1. The Morgan fingerprint density at radius 3 is 2.61 bits per heavy atom. The molecule has 0 atom stereocenters. The second kappa shape index (κ2) is 6.76. The van der Waals surface area contributed by atoms with Gasteiger partial charge in [-0.3, -0.25) is 5.10 Å². The van der Waals surface area contributed by atoms with Crippen LogP contribution in [0.3, 0.4) is 0 Å². The molecule has 4 rings (SSSR count). The molecule has 138 valence electrons. The lowest BCUT2D eigenvalue weighted by molar-refractivity contribution is 0.554. The Kier molecular flexibility index (Phi) is 4.26. The maximum Gasteiger partial charge on any atom is 0.227 e. The minimum absolute atomic E-state index is 0.413. The Morgan fingerprint density at radius 1 is 1.11 bits per heavy atom. The van der Waals surface area contributed by atoms with Crippen molar-refractivity contribution < 1.29 is 0 Å². The van der Waals surface area contributed by atoms with Crippen LogP contribution in [0.4, 0.5) is 11.6 Å². The third-order valence-corrected chi connectivity index (χ3v) is 4.51. The molecule has 0 aliphatic rings.